The van der Waals surface area contributed by atoms with E-state index in [4.69, 9.17) is 16.9 Å². The van der Waals surface area contributed by atoms with Crippen LogP contribution < -0.4 is 0 Å². The maximum Gasteiger partial charge on any atom is 0.189 e. The lowest BCUT2D eigenvalue weighted by atomic mass is 10.2. The van der Waals surface area contributed by atoms with Gasteiger partial charge in [0.05, 0.1) is 0 Å². The van der Waals surface area contributed by atoms with E-state index in [2.05, 4.69) is 9.97 Å². The van der Waals surface area contributed by atoms with Gasteiger partial charge >= 0.3 is 0 Å². The molecule has 5 heteroatoms. The Bertz CT molecular complexity index is 566. The van der Waals surface area contributed by atoms with Crippen LogP contribution in [0.15, 0.2) is 41.7 Å². The van der Waals surface area contributed by atoms with Crippen LogP contribution >= 0.6 is 23.4 Å². The first-order valence-electron chi connectivity index (χ1n) is 4.89. The van der Waals surface area contributed by atoms with Crippen molar-refractivity contribution in [3.8, 4) is 6.07 Å². The van der Waals surface area contributed by atoms with Gasteiger partial charge in [-0.25, -0.2) is 9.97 Å². The molecule has 2 rings (SSSR count). The summed E-state index contributed by atoms with van der Waals surface area (Å²) in [6.45, 7) is 0. The van der Waals surface area contributed by atoms with Gasteiger partial charge in [-0.3, -0.25) is 0 Å². The summed E-state index contributed by atoms with van der Waals surface area (Å²) in [6.07, 6.45) is 1.58. The molecule has 0 aliphatic rings. The van der Waals surface area contributed by atoms with Crippen molar-refractivity contribution >= 4 is 23.4 Å². The summed E-state index contributed by atoms with van der Waals surface area (Å²) in [5.74, 6) is 0.689. The predicted molar refractivity (Wildman–Crippen MR) is 67.8 cm³/mol. The second-order valence-corrected chi connectivity index (χ2v) is 4.57. The fraction of sp³-hybridized carbons (Fsp3) is 0.0833. The van der Waals surface area contributed by atoms with Crippen molar-refractivity contribution < 1.29 is 0 Å². The van der Waals surface area contributed by atoms with Crippen LogP contribution in [-0.4, -0.2) is 9.97 Å². The first kappa shape index (κ1) is 11.9. The molecule has 17 heavy (non-hydrogen) atoms. The van der Waals surface area contributed by atoms with Crippen LogP contribution in [0.1, 0.15) is 11.3 Å². The van der Waals surface area contributed by atoms with Crippen LogP contribution in [0.2, 0.25) is 5.02 Å². The maximum atomic E-state index is 8.72. The Morgan fingerprint density at radius 1 is 1.29 bits per heavy atom. The molecular formula is C12H8ClN3S. The molecule has 0 aliphatic carbocycles. The number of rotatable bonds is 3. The summed E-state index contributed by atoms with van der Waals surface area (Å²) in [4.78, 5) is 8.17. The zero-order valence-electron chi connectivity index (χ0n) is 8.80. The van der Waals surface area contributed by atoms with E-state index in [1.54, 1.807) is 12.3 Å². The van der Waals surface area contributed by atoms with E-state index in [1.807, 2.05) is 30.3 Å². The van der Waals surface area contributed by atoms with Crippen molar-refractivity contribution in [1.29, 1.82) is 5.26 Å². The molecule has 0 bridgehead atoms. The number of nitriles is 1. The van der Waals surface area contributed by atoms with E-state index in [-0.39, 0.29) is 0 Å². The molecule has 3 nitrogen and oxygen atoms in total. The molecule has 1 aromatic heterocycles. The van der Waals surface area contributed by atoms with E-state index >= 15 is 0 Å². The third-order valence-electron chi connectivity index (χ3n) is 2.06. The lowest BCUT2D eigenvalue weighted by Crippen LogP contribution is -1.90. The second-order valence-electron chi connectivity index (χ2n) is 3.22. The van der Waals surface area contributed by atoms with Gasteiger partial charge in [0, 0.05) is 17.0 Å². The van der Waals surface area contributed by atoms with Gasteiger partial charge in [0.1, 0.15) is 11.8 Å². The zero-order valence-corrected chi connectivity index (χ0v) is 10.4. The Morgan fingerprint density at radius 3 is 2.88 bits per heavy atom. The van der Waals surface area contributed by atoms with Gasteiger partial charge in [-0.15, -0.1) is 0 Å². The highest BCUT2D eigenvalue weighted by Crippen LogP contribution is 2.24. The third-order valence-corrected chi connectivity index (χ3v) is 3.34. The Labute approximate surface area is 108 Å². The summed E-state index contributed by atoms with van der Waals surface area (Å²) < 4.78 is 0. The normalized spacial score (nSPS) is 9.88. The molecule has 0 radical (unpaired) electrons. The second kappa shape index (κ2) is 5.67. The van der Waals surface area contributed by atoms with Crippen LogP contribution in [0.3, 0.4) is 0 Å². The van der Waals surface area contributed by atoms with Gasteiger partial charge in [0.25, 0.3) is 0 Å². The average Bonchev–Trinajstić information content (AvgIpc) is 2.38. The van der Waals surface area contributed by atoms with E-state index in [0.717, 1.165) is 10.6 Å². The standard InChI is InChI=1S/C12H8ClN3S/c13-11-4-2-1-3-9(11)8-17-12-15-6-5-10(7-14)16-12/h1-6H,8H2. The Morgan fingerprint density at radius 2 is 2.12 bits per heavy atom. The van der Waals surface area contributed by atoms with E-state index in [9.17, 15) is 0 Å². The molecule has 1 heterocycles. The van der Waals surface area contributed by atoms with E-state index < -0.39 is 0 Å². The maximum absolute atomic E-state index is 8.72. The van der Waals surface area contributed by atoms with Crippen LogP contribution in [0.5, 0.6) is 0 Å². The van der Waals surface area contributed by atoms with Crippen molar-refractivity contribution in [2.24, 2.45) is 0 Å². The minimum Gasteiger partial charge on any atom is -0.231 e. The molecule has 0 spiro atoms. The van der Waals surface area contributed by atoms with Crippen LogP contribution in [0.25, 0.3) is 0 Å². The molecule has 0 saturated heterocycles. The molecule has 0 amide bonds. The van der Waals surface area contributed by atoms with Gasteiger partial charge in [0.2, 0.25) is 0 Å². The SMILES string of the molecule is N#Cc1ccnc(SCc2ccccc2Cl)n1. The largest absolute Gasteiger partial charge is 0.231 e. The Balaban J connectivity index is 2.08. The molecule has 0 aliphatic heterocycles. The highest BCUT2D eigenvalue weighted by atomic mass is 35.5. The van der Waals surface area contributed by atoms with Crippen molar-refractivity contribution in [2.75, 3.05) is 0 Å². The summed E-state index contributed by atoms with van der Waals surface area (Å²) in [7, 11) is 0. The summed E-state index contributed by atoms with van der Waals surface area (Å²) in [6, 6.07) is 11.2. The van der Waals surface area contributed by atoms with Gasteiger partial charge in [-0.1, -0.05) is 41.6 Å². The van der Waals surface area contributed by atoms with Gasteiger partial charge in [-0.2, -0.15) is 5.26 Å². The number of hydrogen-bond acceptors (Lipinski definition) is 4. The van der Waals surface area contributed by atoms with Crippen molar-refractivity contribution in [1.82, 2.24) is 9.97 Å². The number of nitrogens with zero attached hydrogens (tertiary/aromatic N) is 3. The number of hydrogen-bond donors (Lipinski definition) is 0. The molecule has 1 aromatic carbocycles. The van der Waals surface area contributed by atoms with Gasteiger partial charge in [0.15, 0.2) is 5.16 Å². The van der Waals surface area contributed by atoms with Gasteiger partial charge < -0.3 is 0 Å². The van der Waals surface area contributed by atoms with Crippen molar-refractivity contribution in [3.05, 3.63) is 52.8 Å². The summed E-state index contributed by atoms with van der Waals surface area (Å²) in [5.41, 5.74) is 1.41. The lowest BCUT2D eigenvalue weighted by Gasteiger charge is -2.02. The predicted octanol–water partition coefficient (Wildman–Crippen LogP) is 3.29. The molecule has 0 atom stereocenters. The van der Waals surface area contributed by atoms with Crippen LogP contribution in [0, 0.1) is 11.3 Å². The quantitative estimate of drug-likeness (QED) is 0.628. The monoisotopic (exact) mass is 261 g/mol. The highest BCUT2D eigenvalue weighted by Gasteiger charge is 2.03. The third kappa shape index (κ3) is 3.19. The number of benzene rings is 1. The Hall–Kier alpha value is -1.57. The number of thioether (sulfide) groups is 1. The van der Waals surface area contributed by atoms with Gasteiger partial charge in [-0.05, 0) is 17.7 Å². The molecule has 0 fully saturated rings. The van der Waals surface area contributed by atoms with E-state index in [1.165, 1.54) is 11.8 Å². The first-order valence-corrected chi connectivity index (χ1v) is 6.25. The minimum absolute atomic E-state index is 0.377. The highest BCUT2D eigenvalue weighted by molar-refractivity contribution is 7.98. The van der Waals surface area contributed by atoms with E-state index in [0.29, 0.717) is 16.6 Å². The molecule has 2 aromatic rings. The fourth-order valence-electron chi connectivity index (χ4n) is 1.23. The summed E-state index contributed by atoms with van der Waals surface area (Å²) >= 11 is 7.50. The van der Waals surface area contributed by atoms with Crippen molar-refractivity contribution in [2.45, 2.75) is 10.9 Å². The zero-order chi connectivity index (χ0) is 12.1. The first-order chi connectivity index (χ1) is 8.29. The van der Waals surface area contributed by atoms with Crippen molar-refractivity contribution in [3.63, 3.8) is 0 Å². The molecule has 0 unspecified atom stereocenters. The number of halogens is 1. The topological polar surface area (TPSA) is 49.6 Å². The fourth-order valence-corrected chi connectivity index (χ4v) is 2.35. The van der Waals surface area contributed by atoms with Crippen LogP contribution in [-0.2, 0) is 5.75 Å². The smallest absolute Gasteiger partial charge is 0.189 e. The minimum atomic E-state index is 0.377. The van der Waals surface area contributed by atoms with Crippen LogP contribution in [0.4, 0.5) is 0 Å². The summed E-state index contributed by atoms with van der Waals surface area (Å²) in [5, 5.41) is 10.0. The molecule has 0 saturated carbocycles. The molecular weight excluding hydrogens is 254 g/mol. The molecule has 84 valence electrons. The lowest BCUT2D eigenvalue weighted by molar-refractivity contribution is 0.952. The Kier molecular flexibility index (Phi) is 3.97. The molecule has 0 N–H and O–H groups in total. The number of aromatic nitrogens is 2. The average molecular weight is 262 g/mol.